The molecule has 4 fully saturated rings. The maximum atomic E-state index is 12.8. The fraction of sp³-hybridized carbons (Fsp3) is 0.609. The van der Waals surface area contributed by atoms with Crippen LogP contribution in [0.1, 0.15) is 66.4 Å². The number of hydrogen-bond acceptors (Lipinski definition) is 5. The number of rotatable bonds is 6. The quantitative estimate of drug-likeness (QED) is 0.488. The van der Waals surface area contributed by atoms with E-state index in [0.29, 0.717) is 23.9 Å². The molecule has 0 radical (unpaired) electrons. The standard InChI is InChI=1S/C23H30N4O3/c28-20-4-3-19(21(29)26-20)27-13-16-11-15(1-2-18(16)22(27)30)12-24-10-9-23-7-5-17(6-8-23)25-14-23/h1-2,11,17,19,24-25H,3-10,12-14H2,(H,26,28,29). The number of nitrogens with one attached hydrogen (secondary N) is 3. The van der Waals surface area contributed by atoms with Crippen LogP contribution in [0.25, 0.3) is 0 Å². The molecule has 1 unspecified atom stereocenters. The van der Waals surface area contributed by atoms with Gasteiger partial charge < -0.3 is 15.5 Å². The van der Waals surface area contributed by atoms with E-state index in [1.807, 2.05) is 12.1 Å². The summed E-state index contributed by atoms with van der Waals surface area (Å²) < 4.78 is 0. The van der Waals surface area contributed by atoms with Crippen LogP contribution in [0.4, 0.5) is 0 Å². The highest BCUT2D eigenvalue weighted by molar-refractivity contribution is 6.05. The fourth-order valence-corrected chi connectivity index (χ4v) is 5.63. The molecule has 160 valence electrons. The van der Waals surface area contributed by atoms with Crippen LogP contribution in [0.5, 0.6) is 0 Å². The number of piperidine rings is 3. The van der Waals surface area contributed by atoms with E-state index in [1.54, 1.807) is 4.90 Å². The van der Waals surface area contributed by atoms with Gasteiger partial charge in [-0.3, -0.25) is 19.7 Å². The third-order valence-corrected chi connectivity index (χ3v) is 7.56. The highest BCUT2D eigenvalue weighted by atomic mass is 16.2. The molecule has 6 rings (SSSR count). The molecule has 1 aliphatic carbocycles. The normalized spacial score (nSPS) is 30.5. The third kappa shape index (κ3) is 3.65. The zero-order valence-corrected chi connectivity index (χ0v) is 17.3. The van der Waals surface area contributed by atoms with E-state index in [4.69, 9.17) is 0 Å². The lowest BCUT2D eigenvalue weighted by atomic mass is 9.67. The van der Waals surface area contributed by atoms with E-state index >= 15 is 0 Å². The van der Waals surface area contributed by atoms with Crippen molar-refractivity contribution in [2.24, 2.45) is 5.41 Å². The van der Waals surface area contributed by atoms with Gasteiger partial charge in [-0.05, 0) is 67.7 Å². The molecule has 0 aromatic heterocycles. The monoisotopic (exact) mass is 410 g/mol. The summed E-state index contributed by atoms with van der Waals surface area (Å²) in [5.74, 6) is -0.733. The molecule has 7 heteroatoms. The molecular weight excluding hydrogens is 380 g/mol. The summed E-state index contributed by atoms with van der Waals surface area (Å²) in [6.45, 7) is 3.39. The summed E-state index contributed by atoms with van der Waals surface area (Å²) in [5.41, 5.74) is 3.29. The number of carbonyl (C=O) groups is 3. The van der Waals surface area contributed by atoms with Crippen LogP contribution in [-0.4, -0.2) is 47.8 Å². The fourth-order valence-electron chi connectivity index (χ4n) is 5.63. The van der Waals surface area contributed by atoms with Gasteiger partial charge in [-0.1, -0.05) is 12.1 Å². The molecule has 1 aromatic rings. The molecule has 2 bridgehead atoms. The van der Waals surface area contributed by atoms with Gasteiger partial charge in [0, 0.05) is 37.7 Å². The summed E-state index contributed by atoms with van der Waals surface area (Å²) in [7, 11) is 0. The topological polar surface area (TPSA) is 90.5 Å². The molecule has 5 aliphatic rings. The number of amides is 3. The highest BCUT2D eigenvalue weighted by Gasteiger charge is 2.40. The van der Waals surface area contributed by atoms with Crippen molar-refractivity contribution in [3.05, 3.63) is 34.9 Å². The summed E-state index contributed by atoms with van der Waals surface area (Å²) in [4.78, 5) is 38.0. The lowest BCUT2D eigenvalue weighted by Crippen LogP contribution is -2.52. The van der Waals surface area contributed by atoms with E-state index < -0.39 is 6.04 Å². The van der Waals surface area contributed by atoms with Crippen molar-refractivity contribution in [1.29, 1.82) is 0 Å². The van der Waals surface area contributed by atoms with Gasteiger partial charge in [0.25, 0.3) is 5.91 Å². The minimum atomic E-state index is -0.553. The Morgan fingerprint density at radius 2 is 1.97 bits per heavy atom. The Morgan fingerprint density at radius 1 is 1.13 bits per heavy atom. The first kappa shape index (κ1) is 19.7. The van der Waals surface area contributed by atoms with Crippen LogP contribution in [-0.2, 0) is 22.7 Å². The molecule has 4 heterocycles. The minimum Gasteiger partial charge on any atom is -0.322 e. The van der Waals surface area contributed by atoms with E-state index in [-0.39, 0.29) is 24.1 Å². The number of nitrogens with zero attached hydrogens (tertiary/aromatic N) is 1. The number of carbonyl (C=O) groups excluding carboxylic acids is 3. The number of imide groups is 1. The van der Waals surface area contributed by atoms with Crippen molar-refractivity contribution in [1.82, 2.24) is 20.9 Å². The Balaban J connectivity index is 1.16. The highest BCUT2D eigenvalue weighted by Crippen LogP contribution is 2.42. The zero-order valence-electron chi connectivity index (χ0n) is 17.3. The third-order valence-electron chi connectivity index (χ3n) is 7.56. The Labute approximate surface area is 177 Å². The molecular formula is C23H30N4O3. The van der Waals surface area contributed by atoms with Gasteiger partial charge in [-0.15, -0.1) is 0 Å². The molecule has 3 amide bonds. The number of benzene rings is 1. The van der Waals surface area contributed by atoms with Crippen molar-refractivity contribution in [2.75, 3.05) is 13.1 Å². The smallest absolute Gasteiger partial charge is 0.255 e. The Morgan fingerprint density at radius 3 is 2.70 bits per heavy atom. The van der Waals surface area contributed by atoms with Crippen LogP contribution >= 0.6 is 0 Å². The van der Waals surface area contributed by atoms with E-state index in [9.17, 15) is 14.4 Å². The molecule has 1 atom stereocenters. The predicted molar refractivity (Wildman–Crippen MR) is 112 cm³/mol. The average Bonchev–Trinajstić information content (AvgIpc) is 3.08. The SMILES string of the molecule is O=C1CCC(N2Cc3cc(CNCCC45CCC(CC4)NC5)ccc3C2=O)C(=O)N1. The summed E-state index contributed by atoms with van der Waals surface area (Å²) >= 11 is 0. The largest absolute Gasteiger partial charge is 0.322 e. The average molecular weight is 411 g/mol. The maximum Gasteiger partial charge on any atom is 0.255 e. The summed E-state index contributed by atoms with van der Waals surface area (Å²) in [6, 6.07) is 6.17. The second-order valence-electron chi connectivity index (χ2n) is 9.47. The Bertz CT molecular complexity index is 861. The van der Waals surface area contributed by atoms with Crippen LogP contribution in [0.3, 0.4) is 0 Å². The molecule has 3 saturated heterocycles. The molecule has 1 saturated carbocycles. The van der Waals surface area contributed by atoms with Crippen molar-refractivity contribution in [2.45, 2.75) is 70.1 Å². The van der Waals surface area contributed by atoms with Crippen molar-refractivity contribution in [3.63, 3.8) is 0 Å². The van der Waals surface area contributed by atoms with Gasteiger partial charge in [0.1, 0.15) is 6.04 Å². The Kier molecular flexibility index (Phi) is 5.11. The van der Waals surface area contributed by atoms with Crippen LogP contribution in [0.15, 0.2) is 18.2 Å². The first-order chi connectivity index (χ1) is 14.5. The molecule has 0 spiro atoms. The lowest BCUT2D eigenvalue weighted by molar-refractivity contribution is -0.136. The van der Waals surface area contributed by atoms with Crippen LogP contribution in [0, 0.1) is 5.41 Å². The second-order valence-corrected chi connectivity index (χ2v) is 9.47. The van der Waals surface area contributed by atoms with Crippen molar-refractivity contribution < 1.29 is 14.4 Å². The minimum absolute atomic E-state index is 0.112. The van der Waals surface area contributed by atoms with Gasteiger partial charge >= 0.3 is 0 Å². The van der Waals surface area contributed by atoms with Gasteiger partial charge in [-0.2, -0.15) is 0 Å². The van der Waals surface area contributed by atoms with Crippen LogP contribution < -0.4 is 16.0 Å². The molecule has 4 aliphatic heterocycles. The first-order valence-electron chi connectivity index (χ1n) is 11.2. The molecule has 7 nitrogen and oxygen atoms in total. The zero-order chi connectivity index (χ0) is 20.7. The molecule has 30 heavy (non-hydrogen) atoms. The van der Waals surface area contributed by atoms with Crippen molar-refractivity contribution >= 4 is 17.7 Å². The van der Waals surface area contributed by atoms with Crippen molar-refractivity contribution in [3.8, 4) is 0 Å². The predicted octanol–water partition coefficient (Wildman–Crippen LogP) is 1.46. The van der Waals surface area contributed by atoms with Crippen LogP contribution in [0.2, 0.25) is 0 Å². The lowest BCUT2D eigenvalue weighted by Gasteiger charge is -2.47. The van der Waals surface area contributed by atoms with E-state index in [1.165, 1.54) is 32.1 Å². The molecule has 3 N–H and O–H groups in total. The van der Waals surface area contributed by atoms with E-state index in [2.05, 4.69) is 22.0 Å². The van der Waals surface area contributed by atoms with Gasteiger partial charge in [-0.25, -0.2) is 0 Å². The number of hydrogen-bond donors (Lipinski definition) is 3. The number of fused-ring (bicyclic) bond motifs is 4. The van der Waals surface area contributed by atoms with Gasteiger partial charge in [0.2, 0.25) is 11.8 Å². The summed E-state index contributed by atoms with van der Waals surface area (Å²) in [5, 5.41) is 9.61. The maximum absolute atomic E-state index is 12.8. The molecule has 1 aromatic carbocycles. The van der Waals surface area contributed by atoms with E-state index in [0.717, 1.165) is 36.8 Å². The first-order valence-corrected chi connectivity index (χ1v) is 11.2. The Hall–Kier alpha value is -2.25. The van der Waals surface area contributed by atoms with Gasteiger partial charge in [0.05, 0.1) is 0 Å². The second kappa shape index (κ2) is 7.78. The summed E-state index contributed by atoms with van der Waals surface area (Å²) in [6.07, 6.45) is 7.23. The van der Waals surface area contributed by atoms with Gasteiger partial charge in [0.15, 0.2) is 0 Å².